The molecular weight excluding hydrogens is 198 g/mol. The molecule has 0 aromatic carbocycles. The minimum atomic E-state index is -0.121. The molecule has 1 saturated heterocycles. The maximum absolute atomic E-state index is 11.6. The van der Waals surface area contributed by atoms with Crippen LogP contribution in [0.2, 0.25) is 0 Å². The summed E-state index contributed by atoms with van der Waals surface area (Å²) < 4.78 is 0. The molecule has 0 saturated carbocycles. The smallest absolute Gasteiger partial charge is 0.256 e. The topological polar surface area (TPSA) is 37.4 Å². The van der Waals surface area contributed by atoms with E-state index in [0.29, 0.717) is 5.57 Å². The van der Waals surface area contributed by atoms with Gasteiger partial charge in [0.1, 0.15) is 0 Å². The summed E-state index contributed by atoms with van der Waals surface area (Å²) in [5, 5.41) is 0. The van der Waals surface area contributed by atoms with Crippen molar-refractivity contribution >= 4 is 23.6 Å². The van der Waals surface area contributed by atoms with Gasteiger partial charge in [-0.3, -0.25) is 14.5 Å². The van der Waals surface area contributed by atoms with Gasteiger partial charge in [0.2, 0.25) is 0 Å². The van der Waals surface area contributed by atoms with E-state index in [9.17, 15) is 9.59 Å². The lowest BCUT2D eigenvalue weighted by molar-refractivity contribution is -0.140. The predicted molar refractivity (Wildman–Crippen MR) is 56.0 cm³/mol. The fraction of sp³-hybridized carbons (Fsp3) is 0.600. The quantitative estimate of drug-likeness (QED) is 0.611. The van der Waals surface area contributed by atoms with Gasteiger partial charge >= 0.3 is 0 Å². The van der Waals surface area contributed by atoms with Gasteiger partial charge in [0.25, 0.3) is 11.8 Å². The first-order valence-corrected chi connectivity index (χ1v) is 5.99. The minimum absolute atomic E-state index is 0.0908. The Labute approximate surface area is 87.5 Å². The molecular formula is C10H13NO2S. The second kappa shape index (κ2) is 3.77. The van der Waals surface area contributed by atoms with E-state index in [2.05, 4.69) is 0 Å². The van der Waals surface area contributed by atoms with Gasteiger partial charge in [-0.2, -0.15) is 11.8 Å². The number of nitrogens with zero attached hydrogens (tertiary/aromatic N) is 1. The van der Waals surface area contributed by atoms with E-state index >= 15 is 0 Å². The normalized spacial score (nSPS) is 24.4. The highest BCUT2D eigenvalue weighted by molar-refractivity contribution is 7.99. The number of amides is 2. The van der Waals surface area contributed by atoms with E-state index in [1.807, 2.05) is 11.8 Å². The number of imide groups is 1. The van der Waals surface area contributed by atoms with Crippen LogP contribution in [0, 0.1) is 0 Å². The van der Waals surface area contributed by atoms with Crippen LogP contribution in [0.1, 0.15) is 19.8 Å². The fourth-order valence-corrected chi connectivity index (χ4v) is 2.98. The lowest BCUT2D eigenvalue weighted by Crippen LogP contribution is -2.42. The van der Waals surface area contributed by atoms with Gasteiger partial charge in [0.15, 0.2) is 0 Å². The Kier molecular flexibility index (Phi) is 2.63. The summed E-state index contributed by atoms with van der Waals surface area (Å²) in [4.78, 5) is 24.6. The van der Waals surface area contributed by atoms with Gasteiger partial charge < -0.3 is 0 Å². The Balaban J connectivity index is 2.11. The summed E-state index contributed by atoms with van der Waals surface area (Å²) in [5.74, 6) is 1.90. The summed E-state index contributed by atoms with van der Waals surface area (Å²) in [7, 11) is 0. The van der Waals surface area contributed by atoms with E-state index in [-0.39, 0.29) is 17.9 Å². The van der Waals surface area contributed by atoms with Gasteiger partial charge in [0, 0.05) is 17.7 Å². The number of rotatable bonds is 1. The Morgan fingerprint density at radius 1 is 1.36 bits per heavy atom. The second-order valence-electron chi connectivity index (χ2n) is 3.68. The van der Waals surface area contributed by atoms with Crippen molar-refractivity contribution in [3.63, 3.8) is 0 Å². The van der Waals surface area contributed by atoms with E-state index in [1.165, 1.54) is 11.0 Å². The molecule has 14 heavy (non-hydrogen) atoms. The number of carbonyl (C=O) groups excluding carboxylic acids is 2. The summed E-state index contributed by atoms with van der Waals surface area (Å²) in [6.07, 6.45) is 3.34. The summed E-state index contributed by atoms with van der Waals surface area (Å²) >= 11 is 1.89. The predicted octanol–water partition coefficient (Wildman–Crippen LogP) is 1.20. The Morgan fingerprint density at radius 3 is 2.50 bits per heavy atom. The zero-order valence-electron chi connectivity index (χ0n) is 8.16. The molecule has 3 nitrogen and oxygen atoms in total. The third-order valence-corrected chi connectivity index (χ3v) is 3.74. The first kappa shape index (κ1) is 9.77. The van der Waals surface area contributed by atoms with Crippen LogP contribution in [-0.4, -0.2) is 34.3 Å². The van der Waals surface area contributed by atoms with Crippen LogP contribution in [0.15, 0.2) is 11.6 Å². The highest BCUT2D eigenvalue weighted by atomic mass is 32.2. The number of hydrogen-bond acceptors (Lipinski definition) is 3. The average Bonchev–Trinajstić information content (AvgIpc) is 2.43. The van der Waals surface area contributed by atoms with E-state index < -0.39 is 0 Å². The van der Waals surface area contributed by atoms with Gasteiger partial charge in [-0.15, -0.1) is 0 Å². The molecule has 0 bridgehead atoms. The molecule has 76 valence electrons. The van der Waals surface area contributed by atoms with Crippen molar-refractivity contribution in [1.29, 1.82) is 0 Å². The molecule has 2 aliphatic heterocycles. The molecule has 0 aliphatic carbocycles. The zero-order chi connectivity index (χ0) is 10.1. The molecule has 1 fully saturated rings. The number of thioether (sulfide) groups is 1. The first-order valence-electron chi connectivity index (χ1n) is 4.83. The van der Waals surface area contributed by atoms with Gasteiger partial charge in [-0.05, 0) is 31.3 Å². The maximum Gasteiger partial charge on any atom is 0.256 e. The zero-order valence-corrected chi connectivity index (χ0v) is 8.97. The van der Waals surface area contributed by atoms with E-state index in [4.69, 9.17) is 0 Å². The summed E-state index contributed by atoms with van der Waals surface area (Å²) in [6, 6.07) is 0.143. The van der Waals surface area contributed by atoms with Crippen molar-refractivity contribution < 1.29 is 9.59 Å². The van der Waals surface area contributed by atoms with Crippen LogP contribution in [0.25, 0.3) is 0 Å². The third kappa shape index (κ3) is 1.59. The van der Waals surface area contributed by atoms with Crippen LogP contribution >= 0.6 is 11.8 Å². The van der Waals surface area contributed by atoms with E-state index in [0.717, 1.165) is 24.3 Å². The van der Waals surface area contributed by atoms with Crippen LogP contribution in [-0.2, 0) is 9.59 Å². The van der Waals surface area contributed by atoms with Crippen molar-refractivity contribution in [2.75, 3.05) is 11.5 Å². The first-order chi connectivity index (χ1) is 6.70. The highest BCUT2D eigenvalue weighted by Crippen LogP contribution is 2.25. The Morgan fingerprint density at radius 2 is 2.00 bits per heavy atom. The van der Waals surface area contributed by atoms with Crippen molar-refractivity contribution in [3.05, 3.63) is 11.6 Å². The summed E-state index contributed by atoms with van der Waals surface area (Å²) in [6.45, 7) is 1.71. The van der Waals surface area contributed by atoms with Crippen LogP contribution in [0.4, 0.5) is 0 Å². The van der Waals surface area contributed by atoms with Gasteiger partial charge in [-0.1, -0.05) is 0 Å². The Bertz CT molecular complexity index is 305. The lowest BCUT2D eigenvalue weighted by Gasteiger charge is -2.29. The highest BCUT2D eigenvalue weighted by Gasteiger charge is 2.34. The lowest BCUT2D eigenvalue weighted by atomic mass is 10.1. The van der Waals surface area contributed by atoms with Crippen molar-refractivity contribution in [3.8, 4) is 0 Å². The van der Waals surface area contributed by atoms with Crippen LogP contribution < -0.4 is 0 Å². The molecule has 2 amide bonds. The summed E-state index contributed by atoms with van der Waals surface area (Å²) in [5.41, 5.74) is 0.577. The molecule has 2 heterocycles. The molecule has 0 unspecified atom stereocenters. The molecule has 0 atom stereocenters. The molecule has 0 radical (unpaired) electrons. The second-order valence-corrected chi connectivity index (χ2v) is 4.91. The van der Waals surface area contributed by atoms with Crippen molar-refractivity contribution in [1.82, 2.24) is 4.90 Å². The molecule has 0 aromatic heterocycles. The average molecular weight is 211 g/mol. The molecule has 0 spiro atoms. The van der Waals surface area contributed by atoms with Crippen molar-refractivity contribution in [2.45, 2.75) is 25.8 Å². The molecule has 0 aromatic rings. The monoisotopic (exact) mass is 211 g/mol. The van der Waals surface area contributed by atoms with Crippen LogP contribution in [0.3, 0.4) is 0 Å². The number of carbonyl (C=O) groups is 2. The molecule has 4 heteroatoms. The number of hydrogen-bond donors (Lipinski definition) is 0. The van der Waals surface area contributed by atoms with Gasteiger partial charge in [-0.25, -0.2) is 0 Å². The SMILES string of the molecule is CC1=CC(=O)N(C2CCSCC2)C1=O. The fourth-order valence-electron chi connectivity index (χ4n) is 1.90. The molecule has 0 N–H and O–H groups in total. The molecule has 2 rings (SSSR count). The maximum atomic E-state index is 11.6. The Hall–Kier alpha value is -0.770. The standard InChI is InChI=1S/C10H13NO2S/c1-7-6-9(12)11(10(7)13)8-2-4-14-5-3-8/h6,8H,2-5H2,1H3. The third-order valence-electron chi connectivity index (χ3n) is 2.69. The van der Waals surface area contributed by atoms with E-state index in [1.54, 1.807) is 6.92 Å². The van der Waals surface area contributed by atoms with Crippen LogP contribution in [0.5, 0.6) is 0 Å². The minimum Gasteiger partial charge on any atom is -0.272 e. The molecule has 2 aliphatic rings. The van der Waals surface area contributed by atoms with Gasteiger partial charge in [0.05, 0.1) is 0 Å². The largest absolute Gasteiger partial charge is 0.272 e. The van der Waals surface area contributed by atoms with Crippen molar-refractivity contribution in [2.24, 2.45) is 0 Å².